The van der Waals surface area contributed by atoms with Gasteiger partial charge in [0.2, 0.25) is 0 Å². The predicted molar refractivity (Wildman–Crippen MR) is 308 cm³/mol. The minimum atomic E-state index is -0.0810. The van der Waals surface area contributed by atoms with Gasteiger partial charge < -0.3 is 9.80 Å². The molecule has 3 heterocycles. The fourth-order valence-corrected chi connectivity index (χ4v) is 15.3. The number of rotatable bonds is 6. The number of hydrogen-bond acceptors (Lipinski definition) is 3. The Morgan fingerprint density at radius 3 is 1.19 bits per heavy atom. The lowest BCUT2D eigenvalue weighted by atomic mass is 9.74. The molecule has 0 fully saturated rings. The molecule has 4 aliphatic rings. The molecule has 0 saturated heterocycles. The zero-order valence-corrected chi connectivity index (χ0v) is 42.4. The molecule has 4 atom stereocenters. The third-order valence-electron chi connectivity index (χ3n) is 17.5. The topological polar surface area (TPSA) is 6.48 Å². The summed E-state index contributed by atoms with van der Waals surface area (Å²) in [5.74, 6) is 0.596. The van der Waals surface area contributed by atoms with Crippen LogP contribution >= 0.6 is 11.3 Å². The van der Waals surface area contributed by atoms with Crippen molar-refractivity contribution in [3.63, 3.8) is 0 Å². The Balaban J connectivity index is 0.842. The molecule has 0 spiro atoms. The van der Waals surface area contributed by atoms with E-state index in [2.05, 4.69) is 268 Å². The van der Waals surface area contributed by atoms with Crippen LogP contribution in [0.4, 0.5) is 22.7 Å². The van der Waals surface area contributed by atoms with Gasteiger partial charge in [-0.05, 0) is 168 Å². The van der Waals surface area contributed by atoms with E-state index in [1.807, 2.05) is 11.3 Å². The molecule has 2 aliphatic heterocycles. The van der Waals surface area contributed by atoms with Crippen molar-refractivity contribution in [3.8, 4) is 44.5 Å². The number of hydrogen-bond donors (Lipinski definition) is 0. The van der Waals surface area contributed by atoms with E-state index < -0.39 is 0 Å². The second kappa shape index (κ2) is 15.8. The van der Waals surface area contributed by atoms with Gasteiger partial charge in [0.1, 0.15) is 0 Å². The Kier molecular flexibility index (Phi) is 9.21. The molecule has 15 rings (SSSR count). The van der Waals surface area contributed by atoms with E-state index in [9.17, 15) is 0 Å². The van der Waals surface area contributed by atoms with Crippen LogP contribution < -0.4 is 9.80 Å². The SMILES string of the molecule is CC1(C)c2ccccc2C2C1c1cc(-c3ccc4sc5ccc(-c6ccc7c(c6)C6C(c8ccccc8C6(C)C)N7c6cc(-c7ccccc7)cc(-c7ccccc7)c6)cc5c4c3)ccc1N2c1ccccc1. The van der Waals surface area contributed by atoms with Crippen LogP contribution in [0.2, 0.25) is 0 Å². The smallest absolute Gasteiger partial charge is 0.0672 e. The maximum absolute atomic E-state index is 2.68. The van der Waals surface area contributed by atoms with Crippen LogP contribution in [0.3, 0.4) is 0 Å². The maximum atomic E-state index is 2.68. The van der Waals surface area contributed by atoms with Crippen LogP contribution in [0.15, 0.2) is 231 Å². The van der Waals surface area contributed by atoms with Crippen molar-refractivity contribution in [2.75, 3.05) is 9.80 Å². The highest BCUT2D eigenvalue weighted by molar-refractivity contribution is 7.25. The molecule has 0 bridgehead atoms. The minimum absolute atomic E-state index is 0.0182. The lowest BCUT2D eigenvalue weighted by molar-refractivity contribution is 0.420. The molecule has 1 aromatic heterocycles. The summed E-state index contributed by atoms with van der Waals surface area (Å²) in [6.07, 6.45) is 0. The van der Waals surface area contributed by atoms with Crippen LogP contribution in [0, 0.1) is 0 Å². The van der Waals surface area contributed by atoms with Gasteiger partial charge in [-0.15, -0.1) is 11.3 Å². The molecular formula is C70H54N2S. The molecule has 0 saturated carbocycles. The van der Waals surface area contributed by atoms with Crippen LogP contribution in [-0.2, 0) is 10.8 Å². The summed E-state index contributed by atoms with van der Waals surface area (Å²) < 4.78 is 2.65. The van der Waals surface area contributed by atoms with Gasteiger partial charge in [-0.2, -0.15) is 0 Å². The molecule has 2 nitrogen and oxygen atoms in total. The van der Waals surface area contributed by atoms with Gasteiger partial charge in [0.25, 0.3) is 0 Å². The van der Waals surface area contributed by atoms with Crippen LogP contribution in [0.1, 0.15) is 85.0 Å². The highest BCUT2D eigenvalue weighted by Crippen LogP contribution is 2.67. The summed E-state index contributed by atoms with van der Waals surface area (Å²) in [6, 6.07) is 87.8. The first kappa shape index (κ1) is 42.7. The molecule has 2 aliphatic carbocycles. The number of para-hydroxylation sites is 1. The Bertz CT molecular complexity index is 3960. The maximum Gasteiger partial charge on any atom is 0.0672 e. The third kappa shape index (κ3) is 6.28. The fraction of sp³-hybridized carbons (Fsp3) is 0.143. The normalized spacial score (nSPS) is 19.4. The van der Waals surface area contributed by atoms with Gasteiger partial charge >= 0.3 is 0 Å². The highest BCUT2D eigenvalue weighted by atomic mass is 32.1. The molecular weight excluding hydrogens is 901 g/mol. The van der Waals surface area contributed by atoms with Crippen molar-refractivity contribution >= 4 is 54.3 Å². The molecule has 350 valence electrons. The summed E-state index contributed by atoms with van der Waals surface area (Å²) in [6.45, 7) is 9.86. The summed E-state index contributed by atoms with van der Waals surface area (Å²) >= 11 is 1.90. The third-order valence-corrected chi connectivity index (χ3v) is 18.7. The van der Waals surface area contributed by atoms with E-state index >= 15 is 0 Å². The zero-order valence-electron chi connectivity index (χ0n) is 41.6. The van der Waals surface area contributed by atoms with E-state index in [1.165, 1.54) is 121 Å². The van der Waals surface area contributed by atoms with Crippen LogP contribution in [0.5, 0.6) is 0 Å². The summed E-state index contributed by atoms with van der Waals surface area (Å²) in [4.78, 5) is 5.29. The van der Waals surface area contributed by atoms with Crippen LogP contribution in [-0.4, -0.2) is 0 Å². The standard InChI is InChI=1S/C70H54N2S/c1-69(2)59-26-16-14-24-53(59)67-65(69)57-41-45(28-32-61(57)71(67)51-22-12-7-13-23-51)47-30-34-63-55(39-47)56-40-48(31-35-64(56)73-63)46-29-33-62-58(42-46)66-68(54-25-15-17-27-60(54)70(66,3)4)72(62)52-37-49(43-18-8-5-9-19-43)36-50(38-52)44-20-10-6-11-21-44/h5-42,65-68H,1-4H3. The monoisotopic (exact) mass is 954 g/mol. The van der Waals surface area contributed by atoms with Crippen molar-refractivity contribution in [1.29, 1.82) is 0 Å². The molecule has 0 N–H and O–H groups in total. The fourth-order valence-electron chi connectivity index (χ4n) is 14.2. The van der Waals surface area contributed by atoms with E-state index in [4.69, 9.17) is 0 Å². The minimum Gasteiger partial charge on any atom is -0.333 e. The second-order valence-corrected chi connectivity index (χ2v) is 23.2. The Morgan fingerprint density at radius 2 is 0.712 bits per heavy atom. The van der Waals surface area contributed by atoms with Crippen molar-refractivity contribution in [1.82, 2.24) is 0 Å². The molecule has 3 heteroatoms. The van der Waals surface area contributed by atoms with Crippen molar-refractivity contribution < 1.29 is 0 Å². The first-order chi connectivity index (χ1) is 35.7. The van der Waals surface area contributed by atoms with E-state index in [0.29, 0.717) is 5.92 Å². The Hall–Kier alpha value is -7.98. The zero-order chi connectivity index (χ0) is 48.7. The number of nitrogens with zero attached hydrogens (tertiary/aromatic N) is 2. The first-order valence-corrected chi connectivity index (χ1v) is 26.9. The molecule has 73 heavy (non-hydrogen) atoms. The molecule has 0 radical (unpaired) electrons. The van der Waals surface area contributed by atoms with Crippen molar-refractivity contribution in [2.45, 2.75) is 62.4 Å². The number of anilines is 4. The quantitative estimate of drug-likeness (QED) is 0.164. The Labute approximate surface area is 432 Å². The number of thiophene rings is 1. The molecule has 11 aromatic rings. The summed E-state index contributed by atoms with van der Waals surface area (Å²) in [5, 5.41) is 2.65. The second-order valence-electron chi connectivity index (χ2n) is 22.1. The van der Waals surface area contributed by atoms with E-state index in [-0.39, 0.29) is 28.8 Å². The lowest BCUT2D eigenvalue weighted by Gasteiger charge is -2.31. The largest absolute Gasteiger partial charge is 0.333 e. The first-order valence-electron chi connectivity index (χ1n) is 26.0. The van der Waals surface area contributed by atoms with Gasteiger partial charge in [-0.1, -0.05) is 179 Å². The van der Waals surface area contributed by atoms with Gasteiger partial charge in [0, 0.05) is 54.8 Å². The average molecular weight is 955 g/mol. The Morgan fingerprint density at radius 1 is 0.315 bits per heavy atom. The van der Waals surface area contributed by atoms with Crippen molar-refractivity contribution in [2.24, 2.45) is 0 Å². The van der Waals surface area contributed by atoms with Gasteiger partial charge in [-0.3, -0.25) is 0 Å². The van der Waals surface area contributed by atoms with Crippen molar-refractivity contribution in [3.05, 3.63) is 264 Å². The molecule has 4 unspecified atom stereocenters. The molecule has 0 amide bonds. The van der Waals surface area contributed by atoms with E-state index in [1.54, 1.807) is 0 Å². The number of fused-ring (bicyclic) bond motifs is 13. The van der Waals surface area contributed by atoms with Gasteiger partial charge in [0.05, 0.1) is 12.1 Å². The molecule has 10 aromatic carbocycles. The van der Waals surface area contributed by atoms with Crippen LogP contribution in [0.25, 0.3) is 64.7 Å². The predicted octanol–water partition coefficient (Wildman–Crippen LogP) is 19.3. The van der Waals surface area contributed by atoms with Gasteiger partial charge in [0.15, 0.2) is 0 Å². The van der Waals surface area contributed by atoms with E-state index in [0.717, 1.165) is 0 Å². The lowest BCUT2D eigenvalue weighted by Crippen LogP contribution is -2.25. The highest BCUT2D eigenvalue weighted by Gasteiger charge is 2.56. The van der Waals surface area contributed by atoms with Gasteiger partial charge in [-0.25, -0.2) is 0 Å². The average Bonchev–Trinajstić information content (AvgIpc) is 4.22. The summed E-state index contributed by atoms with van der Waals surface area (Å²) in [7, 11) is 0. The number of benzene rings is 10. The summed E-state index contributed by atoms with van der Waals surface area (Å²) in [5.41, 5.74) is 23.6.